The molecule has 0 saturated carbocycles. The van der Waals surface area contributed by atoms with E-state index in [0.717, 1.165) is 35.7 Å². The van der Waals surface area contributed by atoms with E-state index in [4.69, 9.17) is 0 Å². The van der Waals surface area contributed by atoms with Crippen LogP contribution in [0.3, 0.4) is 0 Å². The fourth-order valence-corrected chi connectivity index (χ4v) is 2.86. The second-order valence-electron chi connectivity index (χ2n) is 5.47. The van der Waals surface area contributed by atoms with Gasteiger partial charge in [-0.25, -0.2) is 9.50 Å². The van der Waals surface area contributed by atoms with Crippen molar-refractivity contribution in [1.82, 2.24) is 24.9 Å². The van der Waals surface area contributed by atoms with Crippen molar-refractivity contribution in [2.24, 2.45) is 0 Å². The summed E-state index contributed by atoms with van der Waals surface area (Å²) in [5, 5.41) is 8.09. The molecule has 5 heteroatoms. The number of piperidine rings is 1. The number of nitrogens with one attached hydrogen (secondary N) is 1. The molecule has 0 unspecified atom stereocenters. The van der Waals surface area contributed by atoms with Gasteiger partial charge in [-0.15, -0.1) is 0 Å². The first-order valence-corrected chi connectivity index (χ1v) is 7.37. The Bertz CT molecular complexity index is 744. The van der Waals surface area contributed by atoms with E-state index in [1.807, 2.05) is 28.9 Å². The second kappa shape index (κ2) is 5.26. The summed E-state index contributed by atoms with van der Waals surface area (Å²) in [7, 11) is 0. The average Bonchev–Trinajstić information content (AvgIpc) is 2.99. The van der Waals surface area contributed by atoms with Crippen molar-refractivity contribution in [2.45, 2.75) is 18.8 Å². The van der Waals surface area contributed by atoms with E-state index in [-0.39, 0.29) is 0 Å². The van der Waals surface area contributed by atoms with Crippen LogP contribution in [0.2, 0.25) is 0 Å². The summed E-state index contributed by atoms with van der Waals surface area (Å²) in [6.07, 6.45) is 8.01. The van der Waals surface area contributed by atoms with Crippen molar-refractivity contribution >= 4 is 5.65 Å². The number of hydrogen-bond acceptors (Lipinski definition) is 4. The van der Waals surface area contributed by atoms with E-state index in [0.29, 0.717) is 5.92 Å². The Morgan fingerprint density at radius 3 is 2.81 bits per heavy atom. The summed E-state index contributed by atoms with van der Waals surface area (Å²) in [5.41, 5.74) is 3.18. The quantitative estimate of drug-likeness (QED) is 0.782. The number of nitrogens with zero attached hydrogens (tertiary/aromatic N) is 4. The predicted octanol–water partition coefficient (Wildman–Crippen LogP) is 2.26. The first-order chi connectivity index (χ1) is 10.4. The minimum atomic E-state index is 0.433. The monoisotopic (exact) mass is 279 g/mol. The Balaban J connectivity index is 1.71. The number of hydrogen-bond donors (Lipinski definition) is 1. The van der Waals surface area contributed by atoms with Crippen molar-refractivity contribution in [3.63, 3.8) is 0 Å². The van der Waals surface area contributed by atoms with Crippen molar-refractivity contribution in [1.29, 1.82) is 0 Å². The van der Waals surface area contributed by atoms with Gasteiger partial charge in [-0.1, -0.05) is 0 Å². The molecule has 4 rings (SSSR count). The maximum absolute atomic E-state index is 4.67. The Kier molecular flexibility index (Phi) is 3.12. The van der Waals surface area contributed by atoms with Gasteiger partial charge in [0.05, 0.1) is 0 Å². The normalized spacial score (nSPS) is 19.0. The smallest absolute Gasteiger partial charge is 0.156 e. The molecule has 21 heavy (non-hydrogen) atoms. The third-order valence-corrected chi connectivity index (χ3v) is 4.02. The molecule has 3 aromatic heterocycles. The van der Waals surface area contributed by atoms with Crippen LogP contribution in [-0.4, -0.2) is 32.7 Å². The van der Waals surface area contributed by atoms with Crippen LogP contribution < -0.4 is 5.32 Å². The number of pyridine rings is 2. The molecule has 5 nitrogen and oxygen atoms in total. The summed E-state index contributed by atoms with van der Waals surface area (Å²) in [4.78, 5) is 8.73. The SMILES string of the molecule is c1cc(-c2ccc3nc([C@H]4CCCNC4)nn3c2)ccn1. The molecule has 1 aliphatic rings. The van der Waals surface area contributed by atoms with Crippen molar-refractivity contribution in [3.05, 3.63) is 48.7 Å². The zero-order valence-corrected chi connectivity index (χ0v) is 11.7. The lowest BCUT2D eigenvalue weighted by Gasteiger charge is -2.19. The largest absolute Gasteiger partial charge is 0.316 e. The molecule has 0 bridgehead atoms. The van der Waals surface area contributed by atoms with Crippen molar-refractivity contribution in [2.75, 3.05) is 13.1 Å². The van der Waals surface area contributed by atoms with Crippen LogP contribution in [0.25, 0.3) is 16.8 Å². The minimum absolute atomic E-state index is 0.433. The van der Waals surface area contributed by atoms with Gasteiger partial charge in [0.15, 0.2) is 11.5 Å². The molecule has 4 heterocycles. The second-order valence-corrected chi connectivity index (χ2v) is 5.47. The van der Waals surface area contributed by atoms with Crippen LogP contribution in [0.15, 0.2) is 42.9 Å². The predicted molar refractivity (Wildman–Crippen MR) is 81.1 cm³/mol. The third kappa shape index (κ3) is 2.40. The van der Waals surface area contributed by atoms with Crippen LogP contribution in [-0.2, 0) is 0 Å². The van der Waals surface area contributed by atoms with Crippen LogP contribution in [0.1, 0.15) is 24.6 Å². The first-order valence-electron chi connectivity index (χ1n) is 7.37. The maximum Gasteiger partial charge on any atom is 0.156 e. The van der Waals surface area contributed by atoms with Crippen molar-refractivity contribution in [3.8, 4) is 11.1 Å². The molecular formula is C16H17N5. The molecule has 0 spiro atoms. The van der Waals surface area contributed by atoms with Gasteiger partial charge in [-0.05, 0) is 49.2 Å². The van der Waals surface area contributed by atoms with E-state index >= 15 is 0 Å². The molecule has 106 valence electrons. The van der Waals surface area contributed by atoms with Gasteiger partial charge < -0.3 is 5.32 Å². The molecule has 0 aromatic carbocycles. The number of fused-ring (bicyclic) bond motifs is 1. The molecule has 1 aliphatic heterocycles. The number of rotatable bonds is 2. The zero-order chi connectivity index (χ0) is 14.1. The van der Waals surface area contributed by atoms with Gasteiger partial charge in [0.1, 0.15) is 0 Å². The summed E-state index contributed by atoms with van der Waals surface area (Å²) >= 11 is 0. The zero-order valence-electron chi connectivity index (χ0n) is 11.7. The summed E-state index contributed by atoms with van der Waals surface area (Å²) in [5.74, 6) is 1.39. The maximum atomic E-state index is 4.67. The molecule has 0 amide bonds. The van der Waals surface area contributed by atoms with E-state index in [9.17, 15) is 0 Å². The van der Waals surface area contributed by atoms with Crippen LogP contribution in [0.5, 0.6) is 0 Å². The van der Waals surface area contributed by atoms with Crippen LogP contribution in [0, 0.1) is 0 Å². The van der Waals surface area contributed by atoms with E-state index in [2.05, 4.69) is 26.4 Å². The van der Waals surface area contributed by atoms with Crippen LogP contribution >= 0.6 is 0 Å². The molecule has 1 atom stereocenters. The first kappa shape index (κ1) is 12.5. The lowest BCUT2D eigenvalue weighted by molar-refractivity contribution is 0.447. The van der Waals surface area contributed by atoms with E-state index in [1.165, 1.54) is 12.8 Å². The Morgan fingerprint density at radius 1 is 1.10 bits per heavy atom. The molecule has 0 radical (unpaired) electrons. The minimum Gasteiger partial charge on any atom is -0.316 e. The lowest BCUT2D eigenvalue weighted by atomic mass is 9.99. The fraction of sp³-hybridized carbons (Fsp3) is 0.312. The van der Waals surface area contributed by atoms with Gasteiger partial charge in [-0.2, -0.15) is 5.10 Å². The third-order valence-electron chi connectivity index (χ3n) is 4.02. The van der Waals surface area contributed by atoms with Gasteiger partial charge in [0.2, 0.25) is 0 Å². The van der Waals surface area contributed by atoms with Gasteiger partial charge in [0, 0.05) is 36.6 Å². The van der Waals surface area contributed by atoms with Crippen LogP contribution in [0.4, 0.5) is 0 Å². The molecule has 0 aliphatic carbocycles. The lowest BCUT2D eigenvalue weighted by Crippen LogP contribution is -2.28. The fourth-order valence-electron chi connectivity index (χ4n) is 2.86. The highest BCUT2D eigenvalue weighted by molar-refractivity contribution is 5.63. The van der Waals surface area contributed by atoms with E-state index in [1.54, 1.807) is 12.4 Å². The summed E-state index contributed by atoms with van der Waals surface area (Å²) in [6, 6.07) is 8.12. The summed E-state index contributed by atoms with van der Waals surface area (Å²) in [6.45, 7) is 2.09. The van der Waals surface area contributed by atoms with E-state index < -0.39 is 0 Å². The average molecular weight is 279 g/mol. The molecule has 3 aromatic rings. The standard InChI is InChI=1S/C16H17N5/c1-2-13(10-18-7-1)16-19-15-4-3-14(11-21(15)20-16)12-5-8-17-9-6-12/h3-6,8-9,11,13,18H,1-2,7,10H2/t13-/m0/s1. The summed E-state index contributed by atoms with van der Waals surface area (Å²) < 4.78 is 1.89. The van der Waals surface area contributed by atoms with Gasteiger partial charge in [0.25, 0.3) is 0 Å². The van der Waals surface area contributed by atoms with Crippen molar-refractivity contribution < 1.29 is 0 Å². The molecular weight excluding hydrogens is 262 g/mol. The Hall–Kier alpha value is -2.27. The van der Waals surface area contributed by atoms with Gasteiger partial charge in [-0.3, -0.25) is 4.98 Å². The highest BCUT2D eigenvalue weighted by atomic mass is 15.3. The topological polar surface area (TPSA) is 55.1 Å². The Morgan fingerprint density at radius 2 is 2.00 bits per heavy atom. The Labute approximate surface area is 123 Å². The molecule has 1 saturated heterocycles. The molecule has 1 fully saturated rings. The highest BCUT2D eigenvalue weighted by Gasteiger charge is 2.19. The highest BCUT2D eigenvalue weighted by Crippen LogP contribution is 2.23. The van der Waals surface area contributed by atoms with Gasteiger partial charge >= 0.3 is 0 Å². The molecule has 1 N–H and O–H groups in total. The number of aromatic nitrogens is 4.